The summed E-state index contributed by atoms with van der Waals surface area (Å²) in [6.07, 6.45) is 2.35. The van der Waals surface area contributed by atoms with Crippen LogP contribution >= 0.6 is 15.9 Å². The molecule has 1 saturated heterocycles. The Morgan fingerprint density at radius 2 is 2.18 bits per heavy atom. The third-order valence-corrected chi connectivity index (χ3v) is 4.16. The lowest BCUT2D eigenvalue weighted by atomic mass is 9.83. The van der Waals surface area contributed by atoms with Gasteiger partial charge in [-0.3, -0.25) is 0 Å². The number of benzene rings is 1. The fraction of sp³-hybridized carbons (Fsp3) is 0.500. The molecule has 3 rings (SSSR count). The maximum absolute atomic E-state index is 4.81. The van der Waals surface area contributed by atoms with Gasteiger partial charge >= 0.3 is 0 Å². The molecule has 1 aromatic carbocycles. The molecule has 2 aliphatic rings. The van der Waals surface area contributed by atoms with Gasteiger partial charge in [0, 0.05) is 24.0 Å². The molecule has 2 nitrogen and oxygen atoms in total. The molecule has 0 unspecified atom stereocenters. The highest BCUT2D eigenvalue weighted by Crippen LogP contribution is 2.36. The zero-order valence-corrected chi connectivity index (χ0v) is 11.9. The van der Waals surface area contributed by atoms with Crippen molar-refractivity contribution in [2.24, 2.45) is 10.4 Å². The van der Waals surface area contributed by atoms with Crippen molar-refractivity contribution < 1.29 is 0 Å². The summed E-state index contributed by atoms with van der Waals surface area (Å²) >= 11 is 3.51. The quantitative estimate of drug-likeness (QED) is 0.702. The molecule has 0 atom stereocenters. The van der Waals surface area contributed by atoms with Gasteiger partial charge in [0.2, 0.25) is 0 Å². The first kappa shape index (κ1) is 11.3. The fourth-order valence-electron chi connectivity index (χ4n) is 2.69. The first-order valence-corrected chi connectivity index (χ1v) is 6.94. The van der Waals surface area contributed by atoms with Gasteiger partial charge in [0.15, 0.2) is 0 Å². The first-order chi connectivity index (χ1) is 8.03. The van der Waals surface area contributed by atoms with Crippen LogP contribution in [0.5, 0.6) is 0 Å². The molecule has 0 amide bonds. The highest BCUT2D eigenvalue weighted by Gasteiger charge is 2.32. The van der Waals surface area contributed by atoms with Gasteiger partial charge in [-0.15, -0.1) is 0 Å². The van der Waals surface area contributed by atoms with Crippen molar-refractivity contribution in [1.82, 2.24) is 4.90 Å². The molecule has 0 aromatic heterocycles. The van der Waals surface area contributed by atoms with Crippen LogP contribution < -0.4 is 0 Å². The predicted molar refractivity (Wildman–Crippen MR) is 74.7 cm³/mol. The number of halogens is 1. The molecule has 0 bridgehead atoms. The van der Waals surface area contributed by atoms with Gasteiger partial charge in [-0.1, -0.05) is 35.8 Å². The minimum Gasteiger partial charge on any atom is -0.355 e. The molecule has 17 heavy (non-hydrogen) atoms. The fourth-order valence-corrected chi connectivity index (χ4v) is 3.04. The third kappa shape index (κ3) is 2.13. The van der Waals surface area contributed by atoms with Gasteiger partial charge in [-0.25, -0.2) is 4.99 Å². The number of piperidine rings is 1. The monoisotopic (exact) mass is 292 g/mol. The number of rotatable bonds is 0. The van der Waals surface area contributed by atoms with Gasteiger partial charge < -0.3 is 4.90 Å². The summed E-state index contributed by atoms with van der Waals surface area (Å²) in [7, 11) is 0. The van der Waals surface area contributed by atoms with Gasteiger partial charge in [0.1, 0.15) is 5.84 Å². The van der Waals surface area contributed by atoms with E-state index in [9.17, 15) is 0 Å². The molecular formula is C14H17BrN2. The summed E-state index contributed by atoms with van der Waals surface area (Å²) in [4.78, 5) is 7.25. The van der Waals surface area contributed by atoms with Crippen LogP contribution in [0, 0.1) is 5.41 Å². The minimum absolute atomic E-state index is 0.423. The molecule has 2 heterocycles. The molecule has 2 aliphatic heterocycles. The Bertz CT molecular complexity index is 491. The average Bonchev–Trinajstić information content (AvgIpc) is 2.26. The second-order valence-electron chi connectivity index (χ2n) is 5.82. The number of amidine groups is 1. The second kappa shape index (κ2) is 3.84. The smallest absolute Gasteiger partial charge is 0.105 e. The van der Waals surface area contributed by atoms with E-state index in [-0.39, 0.29) is 0 Å². The average molecular weight is 293 g/mol. The number of hydrogen-bond acceptors (Lipinski definition) is 2. The molecule has 1 fully saturated rings. The molecule has 0 radical (unpaired) electrons. The summed E-state index contributed by atoms with van der Waals surface area (Å²) in [5.74, 6) is 1.27. The Morgan fingerprint density at radius 1 is 1.35 bits per heavy atom. The molecule has 0 spiro atoms. The second-order valence-corrected chi connectivity index (χ2v) is 6.74. The largest absolute Gasteiger partial charge is 0.355 e. The Morgan fingerprint density at radius 3 is 3.00 bits per heavy atom. The van der Waals surface area contributed by atoms with Crippen LogP contribution in [-0.4, -0.2) is 17.3 Å². The van der Waals surface area contributed by atoms with E-state index in [1.165, 1.54) is 17.8 Å². The van der Waals surface area contributed by atoms with Crippen molar-refractivity contribution in [1.29, 1.82) is 0 Å². The molecular weight excluding hydrogens is 276 g/mol. The minimum atomic E-state index is 0.423. The SMILES string of the molecule is CC1(C)CCC2=Nc3cc(Br)ccc3CN2C1. The van der Waals surface area contributed by atoms with Crippen molar-refractivity contribution in [2.75, 3.05) is 6.54 Å². The van der Waals surface area contributed by atoms with Crippen molar-refractivity contribution in [3.05, 3.63) is 28.2 Å². The van der Waals surface area contributed by atoms with Crippen LogP contribution in [0.3, 0.4) is 0 Å². The van der Waals surface area contributed by atoms with Gasteiger partial charge in [0.25, 0.3) is 0 Å². The van der Waals surface area contributed by atoms with Crippen LogP contribution in [0.15, 0.2) is 27.7 Å². The summed E-state index contributed by atoms with van der Waals surface area (Å²) < 4.78 is 1.12. The molecule has 0 N–H and O–H groups in total. The number of aliphatic imine (C=N–C) groups is 1. The zero-order chi connectivity index (χ0) is 12.0. The van der Waals surface area contributed by atoms with E-state index < -0.39 is 0 Å². The van der Waals surface area contributed by atoms with E-state index in [0.29, 0.717) is 5.41 Å². The summed E-state index contributed by atoms with van der Waals surface area (Å²) in [5, 5.41) is 0. The Balaban J connectivity index is 1.97. The van der Waals surface area contributed by atoms with Gasteiger partial charge in [0.05, 0.1) is 5.69 Å². The highest BCUT2D eigenvalue weighted by molar-refractivity contribution is 9.10. The lowest BCUT2D eigenvalue weighted by molar-refractivity contribution is 0.201. The number of nitrogens with zero attached hydrogens (tertiary/aromatic N) is 2. The van der Waals surface area contributed by atoms with Crippen LogP contribution in [0.1, 0.15) is 32.3 Å². The molecule has 3 heteroatoms. The van der Waals surface area contributed by atoms with Crippen LogP contribution in [0.4, 0.5) is 5.69 Å². The predicted octanol–water partition coefficient (Wildman–Crippen LogP) is 4.11. The lowest BCUT2D eigenvalue weighted by Crippen LogP contribution is -2.44. The van der Waals surface area contributed by atoms with E-state index >= 15 is 0 Å². The number of fused-ring (bicyclic) bond motifs is 2. The number of hydrogen-bond donors (Lipinski definition) is 0. The normalized spacial score (nSPS) is 21.6. The zero-order valence-electron chi connectivity index (χ0n) is 10.3. The van der Waals surface area contributed by atoms with E-state index in [2.05, 4.69) is 52.9 Å². The Hall–Kier alpha value is -0.830. The van der Waals surface area contributed by atoms with Crippen molar-refractivity contribution in [3.8, 4) is 0 Å². The lowest BCUT2D eigenvalue weighted by Gasteiger charge is -2.42. The molecule has 1 aromatic rings. The van der Waals surface area contributed by atoms with Crippen molar-refractivity contribution in [3.63, 3.8) is 0 Å². The molecule has 90 valence electrons. The van der Waals surface area contributed by atoms with E-state index in [0.717, 1.165) is 29.7 Å². The van der Waals surface area contributed by atoms with E-state index in [1.54, 1.807) is 0 Å². The van der Waals surface area contributed by atoms with E-state index in [1.807, 2.05) is 0 Å². The standard InChI is InChI=1S/C14H17BrN2/c1-14(2)6-5-13-16-12-7-11(15)4-3-10(12)8-17(13)9-14/h3-4,7H,5-6,8-9H2,1-2H3. The summed E-state index contributed by atoms with van der Waals surface area (Å²) in [5.41, 5.74) is 2.91. The van der Waals surface area contributed by atoms with Gasteiger partial charge in [-0.05, 0) is 29.5 Å². The van der Waals surface area contributed by atoms with Crippen molar-refractivity contribution in [2.45, 2.75) is 33.2 Å². The maximum atomic E-state index is 4.81. The Kier molecular flexibility index (Phi) is 2.54. The Labute approximate surface area is 111 Å². The topological polar surface area (TPSA) is 15.6 Å². The highest BCUT2D eigenvalue weighted by atomic mass is 79.9. The first-order valence-electron chi connectivity index (χ1n) is 6.14. The maximum Gasteiger partial charge on any atom is 0.105 e. The van der Waals surface area contributed by atoms with Crippen molar-refractivity contribution >= 4 is 27.5 Å². The van der Waals surface area contributed by atoms with Crippen LogP contribution in [-0.2, 0) is 6.54 Å². The molecule has 0 saturated carbocycles. The van der Waals surface area contributed by atoms with E-state index in [4.69, 9.17) is 4.99 Å². The van der Waals surface area contributed by atoms with Gasteiger partial charge in [-0.2, -0.15) is 0 Å². The third-order valence-electron chi connectivity index (χ3n) is 3.67. The molecule has 0 aliphatic carbocycles. The summed E-state index contributed by atoms with van der Waals surface area (Å²) in [6.45, 7) is 6.84. The summed E-state index contributed by atoms with van der Waals surface area (Å²) in [6, 6.07) is 6.41. The van der Waals surface area contributed by atoms with Crippen LogP contribution in [0.25, 0.3) is 0 Å². The van der Waals surface area contributed by atoms with Crippen LogP contribution in [0.2, 0.25) is 0 Å².